The largest absolute Gasteiger partial charge is 0.354 e. The lowest BCUT2D eigenvalue weighted by molar-refractivity contribution is -0.122. The number of rotatable bonds is 6. The van der Waals surface area contributed by atoms with Gasteiger partial charge in [0.25, 0.3) is 0 Å². The first-order valence-corrected chi connectivity index (χ1v) is 8.43. The number of aryl methyl sites for hydroxylation is 1. The van der Waals surface area contributed by atoms with Crippen molar-refractivity contribution in [2.45, 2.75) is 45.6 Å². The van der Waals surface area contributed by atoms with Crippen molar-refractivity contribution in [3.63, 3.8) is 0 Å². The van der Waals surface area contributed by atoms with E-state index in [4.69, 9.17) is 0 Å². The minimum Gasteiger partial charge on any atom is -0.354 e. The Hall–Kier alpha value is -2.17. The molecule has 1 saturated carbocycles. The zero-order valence-corrected chi connectivity index (χ0v) is 13.7. The van der Waals surface area contributed by atoms with Gasteiger partial charge >= 0.3 is 0 Å². The first-order chi connectivity index (χ1) is 11.2. The molecule has 2 heterocycles. The number of hydrogen-bond acceptors (Lipinski definition) is 3. The Balaban J connectivity index is 1.56. The van der Waals surface area contributed by atoms with E-state index in [2.05, 4.69) is 19.9 Å². The van der Waals surface area contributed by atoms with Crippen LogP contribution in [0.1, 0.15) is 37.8 Å². The number of hydrogen-bond donors (Lipinski definition) is 1. The molecule has 0 unspecified atom stereocenters. The third-order valence-corrected chi connectivity index (χ3v) is 4.58. The predicted octanol–water partition coefficient (Wildman–Crippen LogP) is 2.95. The summed E-state index contributed by atoms with van der Waals surface area (Å²) in [4.78, 5) is 20.7. The monoisotopic (exact) mass is 312 g/mol. The van der Waals surface area contributed by atoms with Gasteiger partial charge in [-0.2, -0.15) is 0 Å². The number of amides is 1. The molecule has 2 aromatic heterocycles. The Morgan fingerprint density at radius 3 is 2.91 bits per heavy atom. The van der Waals surface area contributed by atoms with Crippen molar-refractivity contribution in [2.75, 3.05) is 6.54 Å². The number of imidazole rings is 1. The van der Waals surface area contributed by atoms with Crippen LogP contribution in [0.5, 0.6) is 0 Å². The second kappa shape index (κ2) is 7.40. The highest BCUT2D eigenvalue weighted by atomic mass is 16.1. The summed E-state index contributed by atoms with van der Waals surface area (Å²) in [7, 11) is 0. The van der Waals surface area contributed by atoms with E-state index in [0.717, 1.165) is 23.6 Å². The maximum atomic E-state index is 12.0. The van der Waals surface area contributed by atoms with Gasteiger partial charge in [0.2, 0.25) is 5.91 Å². The molecule has 5 heteroatoms. The van der Waals surface area contributed by atoms with Crippen LogP contribution >= 0.6 is 0 Å². The van der Waals surface area contributed by atoms with E-state index in [0.29, 0.717) is 18.9 Å². The maximum absolute atomic E-state index is 12.0. The quantitative estimate of drug-likeness (QED) is 0.892. The van der Waals surface area contributed by atoms with Gasteiger partial charge in [0, 0.05) is 49.4 Å². The fourth-order valence-electron chi connectivity index (χ4n) is 3.32. The Morgan fingerprint density at radius 2 is 2.17 bits per heavy atom. The van der Waals surface area contributed by atoms with Gasteiger partial charge in [-0.1, -0.05) is 12.8 Å². The molecule has 1 fully saturated rings. The molecule has 122 valence electrons. The molecule has 0 bridgehead atoms. The summed E-state index contributed by atoms with van der Waals surface area (Å²) < 4.78 is 2.13. The average molecular weight is 312 g/mol. The van der Waals surface area contributed by atoms with Crippen molar-refractivity contribution in [3.05, 3.63) is 36.4 Å². The highest BCUT2D eigenvalue weighted by Gasteiger charge is 2.18. The molecule has 0 atom stereocenters. The van der Waals surface area contributed by atoms with Gasteiger partial charge in [-0.25, -0.2) is 4.98 Å². The summed E-state index contributed by atoms with van der Waals surface area (Å²) in [6, 6.07) is 3.91. The van der Waals surface area contributed by atoms with E-state index in [1.807, 2.05) is 31.5 Å². The highest BCUT2D eigenvalue weighted by molar-refractivity contribution is 5.76. The van der Waals surface area contributed by atoms with E-state index in [-0.39, 0.29) is 5.91 Å². The van der Waals surface area contributed by atoms with Gasteiger partial charge in [0.15, 0.2) is 0 Å². The molecule has 1 N–H and O–H groups in total. The molecule has 3 rings (SSSR count). The van der Waals surface area contributed by atoms with Gasteiger partial charge in [-0.15, -0.1) is 0 Å². The number of carbonyl (C=O) groups excluding carboxylic acids is 1. The normalized spacial score (nSPS) is 15.0. The van der Waals surface area contributed by atoms with Gasteiger partial charge in [0.05, 0.1) is 0 Å². The smallest absolute Gasteiger partial charge is 0.220 e. The number of carbonyl (C=O) groups is 1. The molecule has 0 radical (unpaired) electrons. The fraction of sp³-hybridized carbons (Fsp3) is 0.500. The van der Waals surface area contributed by atoms with Crippen LogP contribution in [0.15, 0.2) is 30.7 Å². The molecule has 23 heavy (non-hydrogen) atoms. The Labute approximate surface area is 137 Å². The van der Waals surface area contributed by atoms with Crippen LogP contribution in [0.3, 0.4) is 0 Å². The van der Waals surface area contributed by atoms with Crippen LogP contribution in [0, 0.1) is 12.8 Å². The highest BCUT2D eigenvalue weighted by Crippen LogP contribution is 2.27. The summed E-state index contributed by atoms with van der Waals surface area (Å²) in [5.74, 6) is 1.68. The third kappa shape index (κ3) is 3.97. The number of pyridine rings is 1. The molecule has 0 aromatic carbocycles. The average Bonchev–Trinajstić information content (AvgIpc) is 3.19. The standard InChI is InChI=1S/C18H24N4O/c1-14-12-21-18(16-7-4-8-19-13-16)22(14)10-9-20-17(23)11-15-5-2-3-6-15/h4,7-8,12-13,15H,2-3,5-6,9-11H2,1H3,(H,20,23). The van der Waals surface area contributed by atoms with Crippen LogP contribution in [-0.4, -0.2) is 27.0 Å². The molecule has 1 aliphatic rings. The third-order valence-electron chi connectivity index (χ3n) is 4.58. The Bertz CT molecular complexity index is 644. The van der Waals surface area contributed by atoms with Crippen LogP contribution in [0.2, 0.25) is 0 Å². The summed E-state index contributed by atoms with van der Waals surface area (Å²) in [5, 5.41) is 3.05. The minimum absolute atomic E-state index is 0.178. The summed E-state index contributed by atoms with van der Waals surface area (Å²) in [5.41, 5.74) is 2.09. The molecule has 5 nitrogen and oxygen atoms in total. The van der Waals surface area contributed by atoms with Crippen molar-refractivity contribution in [1.82, 2.24) is 19.9 Å². The Kier molecular flexibility index (Phi) is 5.05. The fourth-order valence-corrected chi connectivity index (χ4v) is 3.32. The summed E-state index contributed by atoms with van der Waals surface area (Å²) in [6.07, 6.45) is 11.1. The van der Waals surface area contributed by atoms with Crippen molar-refractivity contribution in [1.29, 1.82) is 0 Å². The maximum Gasteiger partial charge on any atom is 0.220 e. The van der Waals surface area contributed by atoms with Gasteiger partial charge in [0.1, 0.15) is 5.82 Å². The van der Waals surface area contributed by atoms with E-state index >= 15 is 0 Å². The lowest BCUT2D eigenvalue weighted by Crippen LogP contribution is -2.28. The molecule has 1 aliphatic carbocycles. The molecule has 0 saturated heterocycles. The number of aromatic nitrogens is 3. The van der Waals surface area contributed by atoms with Gasteiger partial charge < -0.3 is 9.88 Å². The first kappa shape index (κ1) is 15.7. The molecular formula is C18H24N4O. The summed E-state index contributed by atoms with van der Waals surface area (Å²) in [6.45, 7) is 3.40. The van der Waals surface area contributed by atoms with Crippen molar-refractivity contribution >= 4 is 5.91 Å². The minimum atomic E-state index is 0.178. The Morgan fingerprint density at radius 1 is 1.35 bits per heavy atom. The van der Waals surface area contributed by atoms with E-state index in [1.165, 1.54) is 25.7 Å². The first-order valence-electron chi connectivity index (χ1n) is 8.43. The van der Waals surface area contributed by atoms with E-state index in [9.17, 15) is 4.79 Å². The molecule has 2 aromatic rings. The van der Waals surface area contributed by atoms with Crippen LogP contribution in [0.4, 0.5) is 0 Å². The van der Waals surface area contributed by atoms with Crippen LogP contribution in [-0.2, 0) is 11.3 Å². The number of nitrogens with one attached hydrogen (secondary N) is 1. The molecular weight excluding hydrogens is 288 g/mol. The number of nitrogens with zero attached hydrogens (tertiary/aromatic N) is 3. The molecule has 1 amide bonds. The van der Waals surface area contributed by atoms with E-state index < -0.39 is 0 Å². The zero-order valence-electron chi connectivity index (χ0n) is 13.7. The summed E-state index contributed by atoms with van der Waals surface area (Å²) >= 11 is 0. The second-order valence-corrected chi connectivity index (χ2v) is 6.32. The van der Waals surface area contributed by atoms with Crippen molar-refractivity contribution in [2.24, 2.45) is 5.92 Å². The zero-order chi connectivity index (χ0) is 16.1. The SMILES string of the molecule is Cc1cnc(-c2cccnc2)n1CCNC(=O)CC1CCCC1. The van der Waals surface area contributed by atoms with Gasteiger partial charge in [-0.05, 0) is 37.8 Å². The predicted molar refractivity (Wildman–Crippen MR) is 89.8 cm³/mol. The lowest BCUT2D eigenvalue weighted by Gasteiger charge is -2.12. The second-order valence-electron chi connectivity index (χ2n) is 6.32. The van der Waals surface area contributed by atoms with Crippen molar-refractivity contribution in [3.8, 4) is 11.4 Å². The van der Waals surface area contributed by atoms with Crippen LogP contribution < -0.4 is 5.32 Å². The van der Waals surface area contributed by atoms with Crippen molar-refractivity contribution < 1.29 is 4.79 Å². The molecule has 0 aliphatic heterocycles. The molecule has 0 spiro atoms. The van der Waals surface area contributed by atoms with E-state index in [1.54, 1.807) is 6.20 Å². The van der Waals surface area contributed by atoms with Gasteiger partial charge in [-0.3, -0.25) is 9.78 Å². The van der Waals surface area contributed by atoms with Crippen LogP contribution in [0.25, 0.3) is 11.4 Å². The topological polar surface area (TPSA) is 59.8 Å². The lowest BCUT2D eigenvalue weighted by atomic mass is 10.0.